The van der Waals surface area contributed by atoms with E-state index >= 15 is 0 Å². The molecule has 1 aromatic heterocycles. The van der Waals surface area contributed by atoms with Crippen LogP contribution >= 0.6 is 0 Å². The first-order valence-corrected chi connectivity index (χ1v) is 8.61. The number of benzene rings is 2. The van der Waals surface area contributed by atoms with Crippen LogP contribution in [0.2, 0.25) is 0 Å². The maximum absolute atomic E-state index is 12.9. The Hall–Kier alpha value is -3.48. The van der Waals surface area contributed by atoms with E-state index in [0.29, 0.717) is 24.3 Å². The molecule has 0 N–H and O–H groups in total. The minimum absolute atomic E-state index is 0.134. The number of amides is 1. The van der Waals surface area contributed by atoms with Crippen LogP contribution in [0.5, 0.6) is 0 Å². The fourth-order valence-corrected chi connectivity index (χ4v) is 2.93. The zero-order valence-electron chi connectivity index (χ0n) is 15.2. The topological polar surface area (TPSA) is 81.3 Å². The molecule has 3 aromatic rings. The molecule has 0 aliphatic carbocycles. The maximum atomic E-state index is 12.9. The van der Waals surface area contributed by atoms with Crippen molar-refractivity contribution in [3.8, 4) is 5.69 Å². The van der Waals surface area contributed by atoms with Gasteiger partial charge in [-0.25, -0.2) is 4.98 Å². The quantitative estimate of drug-likeness (QED) is 0.493. The molecule has 1 heterocycles. The van der Waals surface area contributed by atoms with Gasteiger partial charge in [0, 0.05) is 37.1 Å². The van der Waals surface area contributed by atoms with Gasteiger partial charge in [-0.05, 0) is 37.1 Å². The first kappa shape index (κ1) is 18.3. The van der Waals surface area contributed by atoms with E-state index in [4.69, 9.17) is 0 Å². The molecule has 7 heteroatoms. The summed E-state index contributed by atoms with van der Waals surface area (Å²) in [6.07, 6.45) is 4.66. The minimum Gasteiger partial charge on any atom is -0.335 e. The lowest BCUT2D eigenvalue weighted by molar-refractivity contribution is -0.384. The predicted molar refractivity (Wildman–Crippen MR) is 102 cm³/mol. The summed E-state index contributed by atoms with van der Waals surface area (Å²) < 4.78 is 1.55. The fourth-order valence-electron chi connectivity index (χ4n) is 2.93. The van der Waals surface area contributed by atoms with Gasteiger partial charge in [-0.3, -0.25) is 14.9 Å². The number of hydrogen-bond acceptors (Lipinski definition) is 4. The second-order valence-corrected chi connectivity index (χ2v) is 6.18. The lowest BCUT2D eigenvalue weighted by atomic mass is 10.1. The smallest absolute Gasteiger partial charge is 0.294 e. The van der Waals surface area contributed by atoms with E-state index in [2.05, 4.69) is 4.98 Å². The Morgan fingerprint density at radius 2 is 2.04 bits per heavy atom. The van der Waals surface area contributed by atoms with Crippen LogP contribution in [-0.4, -0.2) is 31.8 Å². The summed E-state index contributed by atoms with van der Waals surface area (Å²) in [5.41, 5.74) is 2.69. The molecule has 0 atom stereocenters. The van der Waals surface area contributed by atoms with Crippen molar-refractivity contribution in [3.05, 3.63) is 88.0 Å². The summed E-state index contributed by atoms with van der Waals surface area (Å²) in [6.45, 7) is 4.85. The van der Waals surface area contributed by atoms with E-state index in [1.807, 2.05) is 38.1 Å². The second-order valence-electron chi connectivity index (χ2n) is 6.18. The Morgan fingerprint density at radius 3 is 2.67 bits per heavy atom. The van der Waals surface area contributed by atoms with Gasteiger partial charge < -0.3 is 9.47 Å². The van der Waals surface area contributed by atoms with Gasteiger partial charge in [-0.2, -0.15) is 0 Å². The van der Waals surface area contributed by atoms with Crippen LogP contribution < -0.4 is 0 Å². The predicted octanol–water partition coefficient (Wildman–Crippen LogP) is 3.75. The molecule has 3 rings (SSSR count). The van der Waals surface area contributed by atoms with Gasteiger partial charge in [0.1, 0.15) is 5.69 Å². The molecular weight excluding hydrogens is 344 g/mol. The van der Waals surface area contributed by atoms with Crippen molar-refractivity contribution >= 4 is 11.6 Å². The van der Waals surface area contributed by atoms with Gasteiger partial charge in [-0.15, -0.1) is 0 Å². The first-order chi connectivity index (χ1) is 13.0. The standard InChI is InChI=1S/C20H20N4O3/c1-3-22(13-17-7-5-4-6-15(17)2)20(25)16-8-9-18(19(12-16)24(26)27)23-11-10-21-14-23/h4-12,14H,3,13H2,1-2H3. The van der Waals surface area contributed by atoms with Crippen molar-refractivity contribution in [2.75, 3.05) is 6.54 Å². The normalized spacial score (nSPS) is 10.6. The molecule has 0 fully saturated rings. The van der Waals surface area contributed by atoms with Gasteiger partial charge in [0.25, 0.3) is 11.6 Å². The molecule has 0 saturated heterocycles. The number of hydrogen-bond donors (Lipinski definition) is 0. The highest BCUT2D eigenvalue weighted by atomic mass is 16.6. The number of nitro benzene ring substituents is 1. The molecule has 7 nitrogen and oxygen atoms in total. The highest BCUT2D eigenvalue weighted by Crippen LogP contribution is 2.25. The fraction of sp³-hybridized carbons (Fsp3) is 0.200. The Morgan fingerprint density at radius 1 is 1.26 bits per heavy atom. The average molecular weight is 364 g/mol. The van der Waals surface area contributed by atoms with Crippen LogP contribution in [0.1, 0.15) is 28.4 Å². The van der Waals surface area contributed by atoms with Gasteiger partial charge in [0.2, 0.25) is 0 Å². The largest absolute Gasteiger partial charge is 0.335 e. The van der Waals surface area contributed by atoms with Crippen LogP contribution in [0.3, 0.4) is 0 Å². The molecule has 0 aliphatic rings. The number of rotatable bonds is 6. The third kappa shape index (κ3) is 3.87. The second kappa shape index (κ2) is 7.82. The zero-order valence-corrected chi connectivity index (χ0v) is 15.2. The number of nitro groups is 1. The minimum atomic E-state index is -0.482. The van der Waals surface area contributed by atoms with E-state index in [0.717, 1.165) is 11.1 Å². The van der Waals surface area contributed by atoms with Gasteiger partial charge >= 0.3 is 0 Å². The van der Waals surface area contributed by atoms with Crippen molar-refractivity contribution in [2.45, 2.75) is 20.4 Å². The van der Waals surface area contributed by atoms with Crippen molar-refractivity contribution in [2.24, 2.45) is 0 Å². The number of aryl methyl sites for hydroxylation is 1. The van der Waals surface area contributed by atoms with E-state index in [-0.39, 0.29) is 11.6 Å². The first-order valence-electron chi connectivity index (χ1n) is 8.61. The van der Waals surface area contributed by atoms with Crippen LogP contribution in [0.15, 0.2) is 61.2 Å². The SMILES string of the molecule is CCN(Cc1ccccc1C)C(=O)c1ccc(-n2ccnc2)c([N+](=O)[O-])c1. The third-order valence-electron chi connectivity index (χ3n) is 4.49. The molecule has 0 unspecified atom stereocenters. The summed E-state index contributed by atoms with van der Waals surface area (Å²) in [6, 6.07) is 12.4. The zero-order chi connectivity index (χ0) is 19.4. The van der Waals surface area contributed by atoms with Gasteiger partial charge in [-0.1, -0.05) is 24.3 Å². The number of nitrogens with zero attached hydrogens (tertiary/aromatic N) is 4. The Bertz CT molecular complexity index is 967. The molecule has 0 saturated carbocycles. The average Bonchev–Trinajstić information content (AvgIpc) is 3.21. The van der Waals surface area contributed by atoms with E-state index in [1.165, 1.54) is 12.4 Å². The lowest BCUT2D eigenvalue weighted by Gasteiger charge is -2.22. The Balaban J connectivity index is 1.92. The maximum Gasteiger partial charge on any atom is 0.294 e. The van der Waals surface area contributed by atoms with Crippen molar-refractivity contribution in [1.29, 1.82) is 0 Å². The molecule has 2 aromatic carbocycles. The summed E-state index contributed by atoms with van der Waals surface area (Å²) >= 11 is 0. The van der Waals surface area contributed by atoms with Crippen LogP contribution in [0.25, 0.3) is 5.69 Å². The Labute approximate surface area is 157 Å². The molecular formula is C20H20N4O3. The van der Waals surface area contributed by atoms with Crippen LogP contribution in [0, 0.1) is 17.0 Å². The highest BCUT2D eigenvalue weighted by molar-refractivity contribution is 5.95. The monoisotopic (exact) mass is 364 g/mol. The van der Waals surface area contributed by atoms with Gasteiger partial charge in [0.05, 0.1) is 11.3 Å². The number of carbonyl (C=O) groups excluding carboxylic acids is 1. The molecule has 27 heavy (non-hydrogen) atoms. The molecule has 0 spiro atoms. The summed E-state index contributed by atoms with van der Waals surface area (Å²) in [7, 11) is 0. The Kier molecular flexibility index (Phi) is 5.30. The van der Waals surface area contributed by atoms with Crippen molar-refractivity contribution in [3.63, 3.8) is 0 Å². The molecule has 0 bridgehead atoms. The molecule has 138 valence electrons. The highest BCUT2D eigenvalue weighted by Gasteiger charge is 2.21. The number of aromatic nitrogens is 2. The summed E-state index contributed by atoms with van der Waals surface area (Å²) in [5, 5.41) is 11.5. The van der Waals surface area contributed by atoms with Gasteiger partial charge in [0.15, 0.2) is 0 Å². The van der Waals surface area contributed by atoms with Crippen molar-refractivity contribution < 1.29 is 9.72 Å². The molecule has 1 amide bonds. The van der Waals surface area contributed by atoms with E-state index in [1.54, 1.807) is 34.0 Å². The molecule has 0 radical (unpaired) electrons. The molecule has 0 aliphatic heterocycles. The lowest BCUT2D eigenvalue weighted by Crippen LogP contribution is -2.30. The van der Waals surface area contributed by atoms with Crippen LogP contribution in [0.4, 0.5) is 5.69 Å². The summed E-state index contributed by atoms with van der Waals surface area (Å²) in [4.78, 5) is 29.6. The number of carbonyl (C=O) groups is 1. The number of imidazole rings is 1. The van der Waals surface area contributed by atoms with E-state index in [9.17, 15) is 14.9 Å². The van der Waals surface area contributed by atoms with Crippen molar-refractivity contribution in [1.82, 2.24) is 14.5 Å². The van der Waals surface area contributed by atoms with E-state index < -0.39 is 4.92 Å². The summed E-state index contributed by atoms with van der Waals surface area (Å²) in [5.74, 6) is -0.235. The third-order valence-corrected chi connectivity index (χ3v) is 4.49. The van der Waals surface area contributed by atoms with Crippen LogP contribution in [-0.2, 0) is 6.54 Å².